The number of aromatic nitrogens is 2. The topological polar surface area (TPSA) is 80.5 Å². The summed E-state index contributed by atoms with van der Waals surface area (Å²) in [7, 11) is 3.20. The number of methoxy groups -OCH3 is 2. The molecule has 3 heterocycles. The molecule has 1 fully saturated rings. The van der Waals surface area contributed by atoms with Gasteiger partial charge in [0.15, 0.2) is 5.75 Å². The maximum atomic E-state index is 9.16. The first-order valence-electron chi connectivity index (χ1n) is 9.01. The fourth-order valence-corrected chi connectivity index (χ4v) is 3.27. The lowest BCUT2D eigenvalue weighted by molar-refractivity contribution is 0.0754. The molecule has 0 amide bonds. The lowest BCUT2D eigenvalue weighted by Crippen LogP contribution is -2.40. The number of hydrogen-bond acceptors (Lipinski definition) is 7. The Bertz CT molecular complexity index is 813. The van der Waals surface area contributed by atoms with E-state index in [1.165, 1.54) is 0 Å². The third kappa shape index (κ3) is 4.29. The van der Waals surface area contributed by atoms with Gasteiger partial charge in [-0.15, -0.1) is 0 Å². The molecule has 1 unspecified atom stereocenters. The van der Waals surface area contributed by atoms with E-state index < -0.39 is 0 Å². The molecular formula is C20H24N4O3. The largest absolute Gasteiger partial charge is 0.491 e. The molecule has 2 aromatic rings. The smallest absolute Gasteiger partial charge is 0.257 e. The normalized spacial score (nSPS) is 16.4. The van der Waals surface area contributed by atoms with Gasteiger partial charge in [0.05, 0.1) is 19.9 Å². The van der Waals surface area contributed by atoms with E-state index in [0.717, 1.165) is 31.6 Å². The van der Waals surface area contributed by atoms with Crippen LogP contribution in [-0.4, -0.2) is 48.3 Å². The summed E-state index contributed by atoms with van der Waals surface area (Å²) in [5, 5.41) is 9.16. The van der Waals surface area contributed by atoms with Gasteiger partial charge < -0.3 is 14.2 Å². The molecule has 0 saturated carbocycles. The Labute approximate surface area is 159 Å². The summed E-state index contributed by atoms with van der Waals surface area (Å²) in [5.74, 6) is 1.55. The van der Waals surface area contributed by atoms with Gasteiger partial charge in [0.1, 0.15) is 17.7 Å². The molecule has 0 spiro atoms. The summed E-state index contributed by atoms with van der Waals surface area (Å²) in [6, 6.07) is 9.61. The van der Waals surface area contributed by atoms with Crippen LogP contribution in [0.25, 0.3) is 0 Å². The van der Waals surface area contributed by atoms with Crippen LogP contribution < -0.4 is 14.2 Å². The Kier molecular flexibility index (Phi) is 6.09. The van der Waals surface area contributed by atoms with E-state index in [1.807, 2.05) is 12.1 Å². The highest BCUT2D eigenvalue weighted by Crippen LogP contribution is 2.30. The Morgan fingerprint density at radius 1 is 1.15 bits per heavy atom. The third-order valence-electron chi connectivity index (χ3n) is 4.88. The van der Waals surface area contributed by atoms with E-state index in [0.29, 0.717) is 23.1 Å². The maximum absolute atomic E-state index is 9.16. The van der Waals surface area contributed by atoms with Crippen LogP contribution in [0.3, 0.4) is 0 Å². The standard InChI is InChI=1S/C20H24N4O3/c1-14(17-6-7-18(25-2)20(23-17)26-3)24-11-8-16(9-12-24)27-19-15(13-21)5-4-10-22-19/h4-7,10,14,16H,8-9,11-12H2,1-3H3. The molecular weight excluding hydrogens is 344 g/mol. The first kappa shape index (κ1) is 18.9. The predicted molar refractivity (Wildman–Crippen MR) is 99.9 cm³/mol. The second-order valence-electron chi connectivity index (χ2n) is 6.44. The highest BCUT2D eigenvalue weighted by Gasteiger charge is 2.26. The van der Waals surface area contributed by atoms with Crippen LogP contribution in [0, 0.1) is 11.3 Å². The van der Waals surface area contributed by atoms with Crippen molar-refractivity contribution in [2.45, 2.75) is 31.9 Å². The lowest BCUT2D eigenvalue weighted by atomic mass is 10.0. The zero-order valence-corrected chi connectivity index (χ0v) is 15.9. The number of likely N-dealkylation sites (tertiary alicyclic amines) is 1. The molecule has 7 nitrogen and oxygen atoms in total. The van der Waals surface area contributed by atoms with Crippen LogP contribution >= 0.6 is 0 Å². The Balaban J connectivity index is 1.61. The molecule has 0 radical (unpaired) electrons. The number of rotatable bonds is 6. The van der Waals surface area contributed by atoms with Crippen molar-refractivity contribution in [2.75, 3.05) is 27.3 Å². The van der Waals surface area contributed by atoms with Crippen molar-refractivity contribution in [1.82, 2.24) is 14.9 Å². The van der Waals surface area contributed by atoms with E-state index in [-0.39, 0.29) is 12.1 Å². The average Bonchev–Trinajstić information content (AvgIpc) is 2.73. The number of piperidine rings is 1. The molecule has 1 aliphatic rings. The molecule has 3 rings (SSSR count). The fourth-order valence-electron chi connectivity index (χ4n) is 3.27. The average molecular weight is 368 g/mol. The summed E-state index contributed by atoms with van der Waals surface area (Å²) in [6.45, 7) is 3.91. The third-order valence-corrected chi connectivity index (χ3v) is 4.88. The predicted octanol–water partition coefficient (Wildman–Crippen LogP) is 2.97. The van der Waals surface area contributed by atoms with Crippen LogP contribution in [0.5, 0.6) is 17.5 Å². The molecule has 27 heavy (non-hydrogen) atoms. The first-order valence-corrected chi connectivity index (χ1v) is 9.01. The Hall–Kier alpha value is -2.85. The molecule has 142 valence electrons. The van der Waals surface area contributed by atoms with Gasteiger partial charge in [-0.25, -0.2) is 9.97 Å². The monoisotopic (exact) mass is 368 g/mol. The number of nitriles is 1. The minimum atomic E-state index is 0.0637. The van der Waals surface area contributed by atoms with Gasteiger partial charge in [0.2, 0.25) is 5.88 Å². The van der Waals surface area contributed by atoms with Gasteiger partial charge in [-0.2, -0.15) is 5.26 Å². The van der Waals surface area contributed by atoms with E-state index in [9.17, 15) is 0 Å². The minimum Gasteiger partial charge on any atom is -0.491 e. The highest BCUT2D eigenvalue weighted by molar-refractivity contribution is 5.37. The first-order chi connectivity index (χ1) is 13.2. The molecule has 0 bridgehead atoms. The van der Waals surface area contributed by atoms with E-state index in [1.54, 1.807) is 32.5 Å². The SMILES string of the molecule is COc1ccc(C(C)N2CCC(Oc3ncccc3C#N)CC2)nc1OC. The van der Waals surface area contributed by atoms with Crippen LogP contribution in [0.1, 0.15) is 37.1 Å². The summed E-state index contributed by atoms with van der Waals surface area (Å²) < 4.78 is 16.5. The maximum Gasteiger partial charge on any atom is 0.257 e. The second-order valence-corrected chi connectivity index (χ2v) is 6.44. The van der Waals surface area contributed by atoms with Crippen molar-refractivity contribution >= 4 is 0 Å². The molecule has 0 aromatic carbocycles. The lowest BCUT2D eigenvalue weighted by Gasteiger charge is -2.35. The molecule has 1 atom stereocenters. The second kappa shape index (κ2) is 8.69. The fraction of sp³-hybridized carbons (Fsp3) is 0.450. The number of nitrogens with zero attached hydrogens (tertiary/aromatic N) is 4. The molecule has 7 heteroatoms. The van der Waals surface area contributed by atoms with Gasteiger partial charge in [-0.05, 0) is 44.0 Å². The van der Waals surface area contributed by atoms with E-state index >= 15 is 0 Å². The van der Waals surface area contributed by atoms with Crippen molar-refractivity contribution in [2.24, 2.45) is 0 Å². The van der Waals surface area contributed by atoms with Crippen LogP contribution in [0.4, 0.5) is 0 Å². The minimum absolute atomic E-state index is 0.0637. The summed E-state index contributed by atoms with van der Waals surface area (Å²) in [4.78, 5) is 11.1. The zero-order valence-electron chi connectivity index (χ0n) is 15.9. The summed E-state index contributed by atoms with van der Waals surface area (Å²) >= 11 is 0. The zero-order chi connectivity index (χ0) is 19.2. The number of pyridine rings is 2. The van der Waals surface area contributed by atoms with Crippen LogP contribution in [-0.2, 0) is 0 Å². The van der Waals surface area contributed by atoms with Gasteiger partial charge in [0.25, 0.3) is 5.88 Å². The summed E-state index contributed by atoms with van der Waals surface area (Å²) in [6.07, 6.45) is 3.46. The van der Waals surface area contributed by atoms with Gasteiger partial charge in [-0.1, -0.05) is 0 Å². The molecule has 2 aromatic heterocycles. The van der Waals surface area contributed by atoms with Crippen molar-refractivity contribution in [1.29, 1.82) is 5.26 Å². The Morgan fingerprint density at radius 3 is 2.59 bits per heavy atom. The number of ether oxygens (including phenoxy) is 3. The van der Waals surface area contributed by atoms with Crippen LogP contribution in [0.2, 0.25) is 0 Å². The molecule has 1 aliphatic heterocycles. The van der Waals surface area contributed by atoms with Crippen molar-refractivity contribution in [3.8, 4) is 23.6 Å². The number of hydrogen-bond donors (Lipinski definition) is 0. The van der Waals surface area contributed by atoms with Crippen LogP contribution in [0.15, 0.2) is 30.5 Å². The van der Waals surface area contributed by atoms with E-state index in [2.05, 4.69) is 27.9 Å². The van der Waals surface area contributed by atoms with Crippen molar-refractivity contribution in [3.63, 3.8) is 0 Å². The molecule has 0 aliphatic carbocycles. The van der Waals surface area contributed by atoms with Gasteiger partial charge in [-0.3, -0.25) is 4.90 Å². The Morgan fingerprint density at radius 2 is 1.93 bits per heavy atom. The van der Waals surface area contributed by atoms with Gasteiger partial charge >= 0.3 is 0 Å². The van der Waals surface area contributed by atoms with E-state index in [4.69, 9.17) is 19.5 Å². The quantitative estimate of drug-likeness (QED) is 0.775. The molecule has 1 saturated heterocycles. The van der Waals surface area contributed by atoms with Crippen molar-refractivity contribution < 1.29 is 14.2 Å². The highest BCUT2D eigenvalue weighted by atomic mass is 16.5. The molecule has 0 N–H and O–H groups in total. The van der Waals surface area contributed by atoms with Crippen molar-refractivity contribution in [3.05, 3.63) is 41.7 Å². The summed E-state index contributed by atoms with van der Waals surface area (Å²) in [5.41, 5.74) is 1.42. The van der Waals surface area contributed by atoms with Gasteiger partial charge in [0, 0.05) is 25.3 Å².